The number of carbonyl (C=O) groups is 2. The molecule has 80 valence electrons. The second-order valence-electron chi connectivity index (χ2n) is 3.38. The molecule has 5 heteroatoms. The fourth-order valence-corrected chi connectivity index (χ4v) is 3.04. The van der Waals surface area contributed by atoms with Gasteiger partial charge in [-0.3, -0.25) is 4.79 Å². The lowest BCUT2D eigenvalue weighted by Crippen LogP contribution is -2.57. The smallest absolute Gasteiger partial charge is 0.330 e. The molecule has 0 radical (unpaired) electrons. The Morgan fingerprint density at radius 2 is 2.43 bits per heavy atom. The molecule has 0 spiro atoms. The molecule has 1 heterocycles. The van der Waals surface area contributed by atoms with Crippen LogP contribution in [-0.4, -0.2) is 46.0 Å². The van der Waals surface area contributed by atoms with Crippen LogP contribution in [0, 0.1) is 0 Å². The molecule has 1 atom stereocenters. The van der Waals surface area contributed by atoms with Crippen molar-refractivity contribution in [3.63, 3.8) is 0 Å². The maximum atomic E-state index is 11.2. The van der Waals surface area contributed by atoms with Crippen LogP contribution < -0.4 is 0 Å². The molecular weight excluding hydrogens is 202 g/mol. The minimum atomic E-state index is -0.959. The minimum absolute atomic E-state index is 0.455. The normalized spacial score (nSPS) is 26.9. The van der Waals surface area contributed by atoms with Crippen molar-refractivity contribution in [1.82, 2.24) is 4.90 Å². The third kappa shape index (κ3) is 1.87. The van der Waals surface area contributed by atoms with Crippen LogP contribution in [0.3, 0.4) is 0 Å². The van der Waals surface area contributed by atoms with Gasteiger partial charge in [0.2, 0.25) is 6.41 Å². The summed E-state index contributed by atoms with van der Waals surface area (Å²) in [4.78, 5) is 23.4. The van der Waals surface area contributed by atoms with E-state index in [-0.39, 0.29) is 0 Å². The Balaban J connectivity index is 2.89. The lowest BCUT2D eigenvalue weighted by Gasteiger charge is -2.40. The van der Waals surface area contributed by atoms with Crippen molar-refractivity contribution in [3.8, 4) is 0 Å². The second kappa shape index (κ2) is 4.68. The van der Waals surface area contributed by atoms with E-state index in [9.17, 15) is 14.7 Å². The van der Waals surface area contributed by atoms with Crippen LogP contribution in [0.15, 0.2) is 0 Å². The van der Waals surface area contributed by atoms with E-state index < -0.39 is 11.5 Å². The summed E-state index contributed by atoms with van der Waals surface area (Å²) < 4.78 is 0. The van der Waals surface area contributed by atoms with E-state index in [1.54, 1.807) is 18.7 Å². The van der Waals surface area contributed by atoms with Crippen LogP contribution in [0.1, 0.15) is 19.8 Å². The van der Waals surface area contributed by atoms with E-state index in [0.717, 1.165) is 12.2 Å². The van der Waals surface area contributed by atoms with Gasteiger partial charge in [-0.25, -0.2) is 4.79 Å². The molecule has 1 fully saturated rings. The summed E-state index contributed by atoms with van der Waals surface area (Å²) in [6.07, 6.45) is 2.09. The van der Waals surface area contributed by atoms with Gasteiger partial charge < -0.3 is 10.0 Å². The van der Waals surface area contributed by atoms with Gasteiger partial charge in [-0.15, -0.1) is 0 Å². The molecule has 0 aromatic rings. The number of rotatable bonds is 4. The van der Waals surface area contributed by atoms with E-state index in [4.69, 9.17) is 0 Å². The summed E-state index contributed by atoms with van der Waals surface area (Å²) in [6.45, 7) is 2.26. The van der Waals surface area contributed by atoms with Crippen molar-refractivity contribution in [2.75, 3.05) is 18.1 Å². The molecule has 0 aromatic heterocycles. The fourth-order valence-electron chi connectivity index (χ4n) is 1.78. The van der Waals surface area contributed by atoms with Crippen LogP contribution in [0.2, 0.25) is 0 Å². The van der Waals surface area contributed by atoms with Crippen molar-refractivity contribution in [3.05, 3.63) is 0 Å². The third-order valence-corrected chi connectivity index (χ3v) is 3.89. The standard InChI is InChI=1S/C9H15NO3S/c1-2-10(7-11)9(8(12)13)4-3-5-14-6-9/h7H,2-6H2,1H3,(H,12,13). The van der Waals surface area contributed by atoms with Gasteiger partial charge in [0.15, 0.2) is 0 Å². The Bertz CT molecular complexity index is 226. The molecule has 0 bridgehead atoms. The van der Waals surface area contributed by atoms with Crippen molar-refractivity contribution in [2.45, 2.75) is 25.3 Å². The molecule has 14 heavy (non-hydrogen) atoms. The van der Waals surface area contributed by atoms with Gasteiger partial charge in [-0.05, 0) is 25.5 Å². The summed E-state index contributed by atoms with van der Waals surface area (Å²) in [6, 6.07) is 0. The number of carbonyl (C=O) groups excluding carboxylic acids is 1. The van der Waals surface area contributed by atoms with E-state index in [2.05, 4.69) is 0 Å². The molecule has 0 saturated carbocycles. The van der Waals surface area contributed by atoms with Crippen molar-refractivity contribution in [2.24, 2.45) is 0 Å². The Morgan fingerprint density at radius 3 is 2.79 bits per heavy atom. The number of nitrogens with zero attached hydrogens (tertiary/aromatic N) is 1. The zero-order valence-corrected chi connectivity index (χ0v) is 9.05. The molecule has 4 nitrogen and oxygen atoms in total. The number of hydrogen-bond acceptors (Lipinski definition) is 3. The maximum absolute atomic E-state index is 11.2. The third-order valence-electron chi connectivity index (χ3n) is 2.64. The highest BCUT2D eigenvalue weighted by Crippen LogP contribution is 2.31. The Hall–Kier alpha value is -0.710. The molecule has 1 rings (SSSR count). The monoisotopic (exact) mass is 217 g/mol. The van der Waals surface area contributed by atoms with Crippen molar-refractivity contribution in [1.29, 1.82) is 0 Å². The lowest BCUT2D eigenvalue weighted by molar-refractivity contribution is -0.154. The molecule has 1 saturated heterocycles. The van der Waals surface area contributed by atoms with Gasteiger partial charge in [0.1, 0.15) is 5.54 Å². The van der Waals surface area contributed by atoms with Gasteiger partial charge in [-0.2, -0.15) is 11.8 Å². The first kappa shape index (κ1) is 11.4. The van der Waals surface area contributed by atoms with Crippen LogP contribution in [-0.2, 0) is 9.59 Å². The first-order valence-corrected chi connectivity index (χ1v) is 5.86. The number of amides is 1. The zero-order chi connectivity index (χ0) is 10.6. The maximum Gasteiger partial charge on any atom is 0.330 e. The number of aliphatic carboxylic acids is 1. The average Bonchev–Trinajstić information content (AvgIpc) is 2.21. The average molecular weight is 217 g/mol. The highest BCUT2D eigenvalue weighted by molar-refractivity contribution is 7.99. The fraction of sp³-hybridized carbons (Fsp3) is 0.778. The van der Waals surface area contributed by atoms with E-state index in [1.807, 2.05) is 0 Å². The number of carboxylic acid groups (broad SMARTS) is 1. The number of likely N-dealkylation sites (N-methyl/N-ethyl adjacent to an activating group) is 1. The highest BCUT2D eigenvalue weighted by Gasteiger charge is 2.44. The van der Waals surface area contributed by atoms with Crippen molar-refractivity contribution >= 4 is 24.1 Å². The Labute approximate surface area is 87.7 Å². The summed E-state index contributed by atoms with van der Waals surface area (Å²) >= 11 is 1.61. The highest BCUT2D eigenvalue weighted by atomic mass is 32.2. The molecule has 1 aliphatic rings. The summed E-state index contributed by atoms with van der Waals surface area (Å²) in [5.41, 5.74) is -0.959. The van der Waals surface area contributed by atoms with Crippen molar-refractivity contribution < 1.29 is 14.7 Å². The molecule has 1 unspecified atom stereocenters. The molecular formula is C9H15NO3S. The zero-order valence-electron chi connectivity index (χ0n) is 8.23. The molecule has 1 N–H and O–H groups in total. The van der Waals surface area contributed by atoms with Crippen LogP contribution in [0.25, 0.3) is 0 Å². The van der Waals surface area contributed by atoms with E-state index >= 15 is 0 Å². The predicted molar refractivity (Wildman–Crippen MR) is 55.4 cm³/mol. The lowest BCUT2D eigenvalue weighted by atomic mass is 9.93. The molecule has 1 aliphatic heterocycles. The summed E-state index contributed by atoms with van der Waals surface area (Å²) in [5, 5.41) is 9.21. The van der Waals surface area contributed by atoms with Crippen LogP contribution >= 0.6 is 11.8 Å². The summed E-state index contributed by atoms with van der Waals surface area (Å²) in [5.74, 6) is 0.624. The molecule has 0 aromatic carbocycles. The van der Waals surface area contributed by atoms with Gasteiger partial charge in [0, 0.05) is 12.3 Å². The van der Waals surface area contributed by atoms with E-state index in [1.165, 1.54) is 4.90 Å². The Kier molecular flexibility index (Phi) is 3.80. The number of carboxylic acids is 1. The van der Waals surface area contributed by atoms with Gasteiger partial charge in [0.05, 0.1) is 0 Å². The molecule has 1 amide bonds. The molecule has 0 aliphatic carbocycles. The Morgan fingerprint density at radius 1 is 1.71 bits per heavy atom. The van der Waals surface area contributed by atoms with Crippen LogP contribution in [0.4, 0.5) is 0 Å². The first-order chi connectivity index (χ1) is 6.67. The SMILES string of the molecule is CCN(C=O)C1(C(=O)O)CCCSC1. The van der Waals surface area contributed by atoms with Gasteiger partial charge in [0.25, 0.3) is 0 Å². The topological polar surface area (TPSA) is 57.6 Å². The van der Waals surface area contributed by atoms with E-state index in [0.29, 0.717) is 25.1 Å². The quantitative estimate of drug-likeness (QED) is 0.708. The second-order valence-corrected chi connectivity index (χ2v) is 4.49. The minimum Gasteiger partial charge on any atom is -0.479 e. The number of thioether (sulfide) groups is 1. The largest absolute Gasteiger partial charge is 0.479 e. The first-order valence-electron chi connectivity index (χ1n) is 4.70. The van der Waals surface area contributed by atoms with Gasteiger partial charge >= 0.3 is 5.97 Å². The number of hydrogen-bond donors (Lipinski definition) is 1. The van der Waals surface area contributed by atoms with Crippen LogP contribution in [0.5, 0.6) is 0 Å². The summed E-state index contributed by atoms with van der Waals surface area (Å²) in [7, 11) is 0. The predicted octanol–water partition coefficient (Wildman–Crippen LogP) is 0.815. The van der Waals surface area contributed by atoms with Gasteiger partial charge in [-0.1, -0.05) is 0 Å².